The second-order valence-corrected chi connectivity index (χ2v) is 12.2. The fraction of sp³-hybridized carbons (Fsp3) is 0.500. The van der Waals surface area contributed by atoms with Gasteiger partial charge in [0.05, 0.1) is 24.0 Å². The maximum atomic E-state index is 13.2. The molecule has 0 radical (unpaired) electrons. The van der Waals surface area contributed by atoms with Crippen LogP contribution in [0.4, 0.5) is 0 Å². The standard InChI is InChI=1S/C20H18N2O4S4/c1-26-10(23)6-22-18(24)12-7-5-8(13(12)19(22)25)15-11(7)14(9-3-2-4-28-9)16-17(29-15)21-20(27)30-16/h2-4,7-8,11-15H,5-6H2,1H3,(H,21,27). The first-order chi connectivity index (χ1) is 14.5. The number of amides is 2. The van der Waals surface area contributed by atoms with Crippen LogP contribution in [-0.2, 0) is 19.1 Å². The van der Waals surface area contributed by atoms with E-state index in [2.05, 4.69) is 22.5 Å². The number of likely N-dealkylation sites (tertiary alicyclic amines) is 1. The zero-order chi connectivity index (χ0) is 20.7. The Bertz CT molecular complexity index is 1120. The largest absolute Gasteiger partial charge is 0.468 e. The van der Waals surface area contributed by atoms with Crippen LogP contribution in [-0.4, -0.2) is 46.6 Å². The van der Waals surface area contributed by atoms with Gasteiger partial charge in [0, 0.05) is 20.9 Å². The van der Waals surface area contributed by atoms with Gasteiger partial charge in [-0.15, -0.1) is 34.4 Å². The summed E-state index contributed by atoms with van der Waals surface area (Å²) < 4.78 is 5.48. The number of thiazole rings is 1. The molecule has 156 valence electrons. The van der Waals surface area contributed by atoms with Gasteiger partial charge in [-0.25, -0.2) is 0 Å². The summed E-state index contributed by atoms with van der Waals surface area (Å²) in [5.74, 6) is -0.775. The molecule has 7 atom stereocenters. The average Bonchev–Trinajstić information content (AvgIpc) is 3.52. The lowest BCUT2D eigenvalue weighted by Crippen LogP contribution is -2.42. The normalized spacial score (nSPS) is 36.0. The molecule has 3 fully saturated rings. The van der Waals surface area contributed by atoms with Crippen molar-refractivity contribution in [1.29, 1.82) is 0 Å². The van der Waals surface area contributed by atoms with Gasteiger partial charge in [-0.1, -0.05) is 6.07 Å². The average molecular weight is 479 g/mol. The first kappa shape index (κ1) is 19.2. The van der Waals surface area contributed by atoms with Gasteiger partial charge in [-0.05, 0) is 47.8 Å². The van der Waals surface area contributed by atoms with Gasteiger partial charge >= 0.3 is 5.97 Å². The van der Waals surface area contributed by atoms with Crippen molar-refractivity contribution in [3.05, 3.63) is 31.2 Å². The molecule has 2 amide bonds. The second-order valence-electron chi connectivity index (χ2n) is 8.31. The van der Waals surface area contributed by atoms with Crippen molar-refractivity contribution in [1.82, 2.24) is 9.88 Å². The molecule has 2 bridgehead atoms. The molecule has 6 nitrogen and oxygen atoms in total. The quantitative estimate of drug-likeness (QED) is 0.413. The van der Waals surface area contributed by atoms with Crippen LogP contribution < -0.4 is 0 Å². The molecule has 2 saturated carbocycles. The fourth-order valence-corrected chi connectivity index (χ4v) is 10.5. The highest BCUT2D eigenvalue weighted by atomic mass is 32.2. The van der Waals surface area contributed by atoms with Crippen LogP contribution in [0.2, 0.25) is 0 Å². The highest BCUT2D eigenvalue weighted by Gasteiger charge is 2.69. The number of imide groups is 1. The molecule has 2 aromatic rings. The molecule has 4 aliphatic rings. The number of fused-ring (bicyclic) bond motifs is 9. The van der Waals surface area contributed by atoms with E-state index in [0.29, 0.717) is 5.92 Å². The molecule has 6 rings (SSSR count). The van der Waals surface area contributed by atoms with E-state index in [1.54, 1.807) is 34.4 Å². The number of hydrogen-bond donors (Lipinski definition) is 1. The van der Waals surface area contributed by atoms with Crippen molar-refractivity contribution < 1.29 is 19.1 Å². The molecular formula is C20H18N2O4S4. The van der Waals surface area contributed by atoms with Crippen molar-refractivity contribution in [2.24, 2.45) is 29.6 Å². The van der Waals surface area contributed by atoms with E-state index in [0.717, 1.165) is 20.3 Å². The molecule has 2 aromatic heterocycles. The highest BCUT2D eigenvalue weighted by molar-refractivity contribution is 8.00. The van der Waals surface area contributed by atoms with E-state index in [-0.39, 0.29) is 53.2 Å². The third kappa shape index (κ3) is 2.47. The van der Waals surface area contributed by atoms with Crippen LogP contribution in [0.5, 0.6) is 0 Å². The third-order valence-electron chi connectivity index (χ3n) is 7.18. The minimum atomic E-state index is -0.554. The van der Waals surface area contributed by atoms with E-state index < -0.39 is 5.97 Å². The number of nitrogens with one attached hydrogen (secondary N) is 1. The predicted molar refractivity (Wildman–Crippen MR) is 116 cm³/mol. The van der Waals surface area contributed by atoms with Gasteiger partial charge in [0.2, 0.25) is 11.8 Å². The van der Waals surface area contributed by atoms with Crippen LogP contribution in [0.1, 0.15) is 22.1 Å². The number of nitrogens with zero attached hydrogens (tertiary/aromatic N) is 1. The van der Waals surface area contributed by atoms with Gasteiger partial charge < -0.3 is 9.72 Å². The number of aromatic amines is 1. The van der Waals surface area contributed by atoms with Gasteiger partial charge in [-0.3, -0.25) is 19.3 Å². The van der Waals surface area contributed by atoms with Crippen LogP contribution >= 0.6 is 46.7 Å². The van der Waals surface area contributed by atoms with Gasteiger partial charge in [0.1, 0.15) is 6.54 Å². The number of thioether (sulfide) groups is 1. The maximum Gasteiger partial charge on any atom is 0.325 e. The van der Waals surface area contributed by atoms with E-state index in [4.69, 9.17) is 17.0 Å². The van der Waals surface area contributed by atoms with E-state index in [9.17, 15) is 14.4 Å². The highest BCUT2D eigenvalue weighted by Crippen LogP contribution is 2.69. The summed E-state index contributed by atoms with van der Waals surface area (Å²) in [6, 6.07) is 4.24. The zero-order valence-electron chi connectivity index (χ0n) is 15.9. The number of thiophene rings is 1. The summed E-state index contributed by atoms with van der Waals surface area (Å²) in [5, 5.41) is 3.48. The SMILES string of the molecule is COC(=O)CN1C(=O)C2C3CC(C2C1=O)C1C(c2cccs2)c2sc(=S)[nH]c2SC31. The number of rotatable bonds is 3. The van der Waals surface area contributed by atoms with Gasteiger partial charge in [0.25, 0.3) is 0 Å². The summed E-state index contributed by atoms with van der Waals surface area (Å²) in [6.07, 6.45) is 0.902. The topological polar surface area (TPSA) is 79.5 Å². The lowest BCUT2D eigenvalue weighted by atomic mass is 9.69. The van der Waals surface area contributed by atoms with Crippen LogP contribution in [0.25, 0.3) is 0 Å². The Morgan fingerprint density at radius 3 is 2.77 bits per heavy atom. The van der Waals surface area contributed by atoms with Gasteiger partial charge in [-0.2, -0.15) is 0 Å². The first-order valence-electron chi connectivity index (χ1n) is 9.84. The number of methoxy groups -OCH3 is 1. The minimum Gasteiger partial charge on any atom is -0.468 e. The molecule has 7 unspecified atom stereocenters. The molecule has 2 aliphatic heterocycles. The summed E-state index contributed by atoms with van der Waals surface area (Å²) >= 11 is 10.6. The molecular weight excluding hydrogens is 460 g/mol. The van der Waals surface area contributed by atoms with Crippen molar-refractivity contribution in [3.63, 3.8) is 0 Å². The lowest BCUT2D eigenvalue weighted by Gasteiger charge is -2.42. The Balaban J connectivity index is 1.42. The minimum absolute atomic E-state index is 0.145. The number of aromatic nitrogens is 1. The molecule has 0 spiro atoms. The summed E-state index contributed by atoms with van der Waals surface area (Å²) in [4.78, 5) is 45.2. The number of esters is 1. The predicted octanol–water partition coefficient (Wildman–Crippen LogP) is 3.51. The molecule has 2 aliphatic carbocycles. The molecule has 10 heteroatoms. The molecule has 1 saturated heterocycles. The second kappa shape index (κ2) is 6.75. The zero-order valence-corrected chi connectivity index (χ0v) is 19.2. The number of H-pyrrole nitrogens is 1. The fourth-order valence-electron chi connectivity index (χ4n) is 6.21. The Morgan fingerprint density at radius 2 is 2.07 bits per heavy atom. The number of ether oxygens (including phenoxy) is 1. The summed E-state index contributed by atoms with van der Waals surface area (Å²) in [5.41, 5.74) is 0. The molecule has 30 heavy (non-hydrogen) atoms. The van der Waals surface area contributed by atoms with Crippen molar-refractivity contribution >= 4 is 64.4 Å². The Morgan fingerprint density at radius 1 is 1.30 bits per heavy atom. The number of carbonyl (C=O) groups is 3. The number of hydrogen-bond acceptors (Lipinski definition) is 8. The summed E-state index contributed by atoms with van der Waals surface area (Å²) in [6.45, 7) is -0.280. The van der Waals surface area contributed by atoms with Crippen LogP contribution in [0, 0.1) is 33.5 Å². The molecule has 4 heterocycles. The Labute approximate surface area is 190 Å². The maximum absolute atomic E-state index is 13.2. The molecule has 0 aromatic carbocycles. The molecule has 1 N–H and O–H groups in total. The lowest BCUT2D eigenvalue weighted by molar-refractivity contribution is -0.151. The first-order valence-corrected chi connectivity index (χ1v) is 12.8. The monoisotopic (exact) mass is 478 g/mol. The third-order valence-corrected chi connectivity index (χ3v) is 11.1. The number of carbonyl (C=O) groups excluding carboxylic acids is 3. The van der Waals surface area contributed by atoms with Crippen molar-refractivity contribution in [3.8, 4) is 0 Å². The Kier molecular flexibility index (Phi) is 4.32. The van der Waals surface area contributed by atoms with E-state index in [1.165, 1.54) is 16.9 Å². The van der Waals surface area contributed by atoms with Crippen LogP contribution in [0.3, 0.4) is 0 Å². The van der Waals surface area contributed by atoms with Crippen LogP contribution in [0.15, 0.2) is 22.5 Å². The van der Waals surface area contributed by atoms with Gasteiger partial charge in [0.15, 0.2) is 3.95 Å². The van der Waals surface area contributed by atoms with Crippen molar-refractivity contribution in [2.45, 2.75) is 22.6 Å². The smallest absolute Gasteiger partial charge is 0.325 e. The van der Waals surface area contributed by atoms with E-state index >= 15 is 0 Å². The van der Waals surface area contributed by atoms with E-state index in [1.807, 2.05) is 0 Å². The van der Waals surface area contributed by atoms with Crippen molar-refractivity contribution in [2.75, 3.05) is 13.7 Å². The Hall–Kier alpha value is -1.49. The summed E-state index contributed by atoms with van der Waals surface area (Å²) in [7, 11) is 1.27.